The van der Waals surface area contributed by atoms with Gasteiger partial charge in [0, 0.05) is 39.8 Å². The van der Waals surface area contributed by atoms with Crippen LogP contribution in [0, 0.1) is 5.92 Å². The summed E-state index contributed by atoms with van der Waals surface area (Å²) in [4.78, 5) is 1.43. The van der Waals surface area contributed by atoms with Gasteiger partial charge in [-0.2, -0.15) is 0 Å². The van der Waals surface area contributed by atoms with Crippen molar-refractivity contribution in [3.05, 3.63) is 22.4 Å². The third-order valence-corrected chi connectivity index (χ3v) is 5.39. The molecule has 2 nitrogen and oxygen atoms in total. The quantitative estimate of drug-likeness (QED) is 0.848. The van der Waals surface area contributed by atoms with Gasteiger partial charge in [-0.15, -0.1) is 11.3 Å². The fourth-order valence-electron chi connectivity index (χ4n) is 1.81. The molecule has 0 bridgehead atoms. The third-order valence-electron chi connectivity index (χ3n) is 3.13. The van der Waals surface area contributed by atoms with Gasteiger partial charge in [0.05, 0.1) is 0 Å². The fourth-order valence-corrected chi connectivity index (χ4v) is 3.03. The van der Waals surface area contributed by atoms with Crippen LogP contribution in [0.2, 0.25) is 0 Å². The topological polar surface area (TPSA) is 29.1 Å². The molecule has 90 valence electrons. The van der Waals surface area contributed by atoms with Crippen LogP contribution in [0.4, 0.5) is 0 Å². The van der Waals surface area contributed by atoms with E-state index in [0.29, 0.717) is 6.04 Å². The van der Waals surface area contributed by atoms with E-state index in [9.17, 15) is 4.21 Å². The molecule has 0 spiro atoms. The Morgan fingerprint density at radius 1 is 1.62 bits per heavy atom. The summed E-state index contributed by atoms with van der Waals surface area (Å²) in [5.41, 5.74) is 0. The molecule has 3 unspecified atom stereocenters. The molecule has 1 fully saturated rings. The second-order valence-corrected chi connectivity index (χ2v) is 7.33. The van der Waals surface area contributed by atoms with Crippen molar-refractivity contribution >= 4 is 22.1 Å². The van der Waals surface area contributed by atoms with Crippen LogP contribution in [-0.2, 0) is 10.8 Å². The maximum absolute atomic E-state index is 11.3. The average Bonchev–Trinajstić information content (AvgIpc) is 2.93. The first-order valence-corrected chi connectivity index (χ1v) is 8.27. The van der Waals surface area contributed by atoms with Crippen molar-refractivity contribution in [2.75, 3.05) is 12.8 Å². The first kappa shape index (κ1) is 12.3. The van der Waals surface area contributed by atoms with Gasteiger partial charge >= 0.3 is 0 Å². The van der Waals surface area contributed by atoms with Crippen molar-refractivity contribution in [3.63, 3.8) is 0 Å². The second-order valence-electron chi connectivity index (χ2n) is 4.55. The molecular formula is C12H19NOS2. The van der Waals surface area contributed by atoms with Gasteiger partial charge in [0.25, 0.3) is 0 Å². The predicted octanol–water partition coefficient (Wildman–Crippen LogP) is 2.56. The third kappa shape index (κ3) is 3.15. The van der Waals surface area contributed by atoms with Crippen LogP contribution in [0.25, 0.3) is 0 Å². The van der Waals surface area contributed by atoms with Gasteiger partial charge in [0.1, 0.15) is 0 Å². The van der Waals surface area contributed by atoms with Crippen LogP contribution in [-0.4, -0.2) is 22.3 Å². The van der Waals surface area contributed by atoms with Crippen LogP contribution in [0.1, 0.15) is 30.7 Å². The molecular weight excluding hydrogens is 238 g/mol. The maximum atomic E-state index is 11.3. The summed E-state index contributed by atoms with van der Waals surface area (Å²) < 4.78 is 11.3. The number of thiophene rings is 1. The van der Waals surface area contributed by atoms with Gasteiger partial charge in [-0.05, 0) is 37.1 Å². The Hall–Kier alpha value is -0.190. The summed E-state index contributed by atoms with van der Waals surface area (Å²) in [6, 6.07) is 4.80. The van der Waals surface area contributed by atoms with Crippen LogP contribution in [0.15, 0.2) is 17.5 Å². The Bertz CT molecular complexity index is 346. The minimum absolute atomic E-state index is 0.237. The summed E-state index contributed by atoms with van der Waals surface area (Å²) in [6.45, 7) is 2.89. The SMILES string of the molecule is CC(CNC(c1cccs1)C1CC1)S(C)=O. The van der Waals surface area contributed by atoms with Gasteiger partial charge in [-0.3, -0.25) is 4.21 Å². The van der Waals surface area contributed by atoms with Crippen LogP contribution < -0.4 is 5.32 Å². The Morgan fingerprint density at radius 2 is 2.38 bits per heavy atom. The Labute approximate surface area is 104 Å². The zero-order valence-electron chi connectivity index (χ0n) is 9.81. The summed E-state index contributed by atoms with van der Waals surface area (Å²) in [7, 11) is -0.725. The van der Waals surface area contributed by atoms with Gasteiger partial charge in [0.15, 0.2) is 0 Å². The van der Waals surface area contributed by atoms with Gasteiger partial charge < -0.3 is 5.32 Å². The normalized spacial score (nSPS) is 21.6. The molecule has 1 heterocycles. The van der Waals surface area contributed by atoms with E-state index in [-0.39, 0.29) is 5.25 Å². The monoisotopic (exact) mass is 257 g/mol. The number of hydrogen-bond donors (Lipinski definition) is 1. The van der Waals surface area contributed by atoms with Crippen molar-refractivity contribution in [1.82, 2.24) is 5.32 Å². The van der Waals surface area contributed by atoms with Crippen molar-refractivity contribution in [2.24, 2.45) is 5.92 Å². The van der Waals surface area contributed by atoms with Gasteiger partial charge in [-0.1, -0.05) is 6.07 Å². The van der Waals surface area contributed by atoms with Crippen LogP contribution in [0.5, 0.6) is 0 Å². The van der Waals surface area contributed by atoms with E-state index >= 15 is 0 Å². The minimum atomic E-state index is -0.725. The first-order valence-electron chi connectivity index (χ1n) is 5.77. The van der Waals surface area contributed by atoms with Crippen molar-refractivity contribution in [3.8, 4) is 0 Å². The highest BCUT2D eigenvalue weighted by molar-refractivity contribution is 7.84. The molecule has 1 aromatic heterocycles. The lowest BCUT2D eigenvalue weighted by atomic mass is 10.1. The molecule has 1 saturated carbocycles. The zero-order chi connectivity index (χ0) is 11.5. The fraction of sp³-hybridized carbons (Fsp3) is 0.667. The van der Waals surface area contributed by atoms with Crippen molar-refractivity contribution in [2.45, 2.75) is 31.1 Å². The largest absolute Gasteiger partial charge is 0.308 e. The molecule has 2 rings (SSSR count). The van der Waals surface area contributed by atoms with E-state index in [1.54, 1.807) is 6.26 Å². The maximum Gasteiger partial charge on any atom is 0.0443 e. The zero-order valence-corrected chi connectivity index (χ0v) is 11.4. The lowest BCUT2D eigenvalue weighted by Crippen LogP contribution is -2.31. The Morgan fingerprint density at radius 3 is 2.88 bits per heavy atom. The van der Waals surface area contributed by atoms with E-state index in [0.717, 1.165) is 12.5 Å². The molecule has 4 heteroatoms. The lowest BCUT2D eigenvalue weighted by molar-refractivity contribution is 0.489. The van der Waals surface area contributed by atoms with E-state index in [1.165, 1.54) is 17.7 Å². The van der Waals surface area contributed by atoms with Crippen molar-refractivity contribution < 1.29 is 4.21 Å². The Balaban J connectivity index is 1.91. The second kappa shape index (κ2) is 5.43. The molecule has 0 aliphatic heterocycles. The minimum Gasteiger partial charge on any atom is -0.308 e. The highest BCUT2D eigenvalue weighted by Crippen LogP contribution is 2.42. The summed E-state index contributed by atoms with van der Waals surface area (Å²) >= 11 is 1.82. The van der Waals surface area contributed by atoms with E-state index in [2.05, 4.69) is 22.8 Å². The molecule has 1 N–H and O–H groups in total. The van der Waals surface area contributed by atoms with Gasteiger partial charge in [-0.25, -0.2) is 0 Å². The summed E-state index contributed by atoms with van der Waals surface area (Å²) in [5.74, 6) is 0.802. The van der Waals surface area contributed by atoms with Crippen LogP contribution >= 0.6 is 11.3 Å². The van der Waals surface area contributed by atoms with Crippen LogP contribution in [0.3, 0.4) is 0 Å². The standard InChI is InChI=1S/C12H19NOS2/c1-9(16(2)14)8-13-12(10-5-6-10)11-4-3-7-15-11/h3-4,7,9-10,12-13H,5-6,8H2,1-2H3. The highest BCUT2D eigenvalue weighted by atomic mass is 32.2. The van der Waals surface area contributed by atoms with Gasteiger partial charge in [0.2, 0.25) is 0 Å². The molecule has 0 saturated heterocycles. The van der Waals surface area contributed by atoms with E-state index in [4.69, 9.17) is 0 Å². The van der Waals surface area contributed by atoms with E-state index < -0.39 is 10.8 Å². The first-order chi connectivity index (χ1) is 7.68. The molecule has 16 heavy (non-hydrogen) atoms. The molecule has 0 radical (unpaired) electrons. The number of hydrogen-bond acceptors (Lipinski definition) is 3. The molecule has 1 aromatic rings. The molecule has 0 aromatic carbocycles. The molecule has 1 aliphatic carbocycles. The number of rotatable bonds is 6. The molecule has 0 amide bonds. The average molecular weight is 257 g/mol. The predicted molar refractivity (Wildman–Crippen MR) is 71.3 cm³/mol. The highest BCUT2D eigenvalue weighted by Gasteiger charge is 2.32. The number of nitrogens with one attached hydrogen (secondary N) is 1. The smallest absolute Gasteiger partial charge is 0.0443 e. The molecule has 1 aliphatic rings. The van der Waals surface area contributed by atoms with Crippen molar-refractivity contribution in [1.29, 1.82) is 0 Å². The lowest BCUT2D eigenvalue weighted by Gasteiger charge is -2.19. The van der Waals surface area contributed by atoms with E-state index in [1.807, 2.05) is 18.3 Å². The molecule has 3 atom stereocenters. The Kier molecular flexibility index (Phi) is 4.16. The summed E-state index contributed by atoms with van der Waals surface area (Å²) in [6.07, 6.45) is 4.45. The summed E-state index contributed by atoms with van der Waals surface area (Å²) in [5, 5.41) is 5.95.